The first kappa shape index (κ1) is 26.9. The van der Waals surface area contributed by atoms with Gasteiger partial charge in [-0.25, -0.2) is 0 Å². The maximum Gasteiger partial charge on any atom is 0.247 e. The highest BCUT2D eigenvalue weighted by molar-refractivity contribution is 6.27. The number of carbonyl (C=O) groups is 2. The quantitative estimate of drug-likeness (QED) is 0.411. The van der Waals surface area contributed by atoms with Crippen LogP contribution in [0.5, 0.6) is 11.5 Å². The Balaban J connectivity index is 1.99. The first-order valence-corrected chi connectivity index (χ1v) is 13.0. The number of rotatable bonds is 11. The standard InChI is InChI=1S/C28H37ClN2O4/c1-4-16-35-24-15-14-22(17-25(24)34-3)27(28(33)30-23-8-6-5-7-9-23)31(26(32)18-29)19-21-12-10-20(2)11-13-21/h10-15,17,23,27H,4-9,16,18-19H2,1-3H3,(H,30,33)/t27-/m0/s1. The summed E-state index contributed by atoms with van der Waals surface area (Å²) in [6.45, 7) is 4.88. The summed E-state index contributed by atoms with van der Waals surface area (Å²) in [5.41, 5.74) is 2.71. The minimum atomic E-state index is -0.849. The fraction of sp³-hybridized carbons (Fsp3) is 0.500. The van der Waals surface area contributed by atoms with Crippen LogP contribution in [-0.2, 0) is 16.1 Å². The summed E-state index contributed by atoms with van der Waals surface area (Å²) in [5.74, 6) is 0.417. The molecule has 0 aromatic heterocycles. The molecule has 1 saturated carbocycles. The second-order valence-corrected chi connectivity index (χ2v) is 9.41. The largest absolute Gasteiger partial charge is 0.493 e. The van der Waals surface area contributed by atoms with E-state index in [4.69, 9.17) is 21.1 Å². The van der Waals surface area contributed by atoms with Crippen molar-refractivity contribution in [2.75, 3.05) is 19.6 Å². The van der Waals surface area contributed by atoms with Gasteiger partial charge in [0.25, 0.3) is 0 Å². The lowest BCUT2D eigenvalue weighted by molar-refractivity contribution is -0.140. The molecular formula is C28H37ClN2O4. The van der Waals surface area contributed by atoms with Gasteiger partial charge in [0, 0.05) is 12.6 Å². The molecule has 0 spiro atoms. The van der Waals surface area contributed by atoms with Gasteiger partial charge in [-0.2, -0.15) is 0 Å². The Kier molecular flexibility index (Phi) is 10.3. The lowest BCUT2D eigenvalue weighted by Gasteiger charge is -2.33. The van der Waals surface area contributed by atoms with Crippen molar-refractivity contribution in [3.05, 3.63) is 59.2 Å². The third kappa shape index (κ3) is 7.38. The highest BCUT2D eigenvalue weighted by atomic mass is 35.5. The zero-order valence-electron chi connectivity index (χ0n) is 21.0. The molecule has 190 valence electrons. The van der Waals surface area contributed by atoms with Crippen LogP contribution in [0.1, 0.15) is 68.2 Å². The topological polar surface area (TPSA) is 67.9 Å². The summed E-state index contributed by atoms with van der Waals surface area (Å²) >= 11 is 6.04. The van der Waals surface area contributed by atoms with Crippen molar-refractivity contribution < 1.29 is 19.1 Å². The molecule has 1 N–H and O–H groups in total. The van der Waals surface area contributed by atoms with Gasteiger partial charge in [-0.15, -0.1) is 11.6 Å². The number of hydrogen-bond acceptors (Lipinski definition) is 4. The van der Waals surface area contributed by atoms with Crippen LogP contribution >= 0.6 is 11.6 Å². The fourth-order valence-electron chi connectivity index (χ4n) is 4.48. The molecule has 1 aliphatic rings. The molecule has 1 fully saturated rings. The number of methoxy groups -OCH3 is 1. The van der Waals surface area contributed by atoms with Crippen molar-refractivity contribution in [2.24, 2.45) is 0 Å². The average molecular weight is 501 g/mol. The number of halogens is 1. The van der Waals surface area contributed by atoms with Gasteiger partial charge < -0.3 is 19.7 Å². The van der Waals surface area contributed by atoms with Gasteiger partial charge in [0.2, 0.25) is 11.8 Å². The summed E-state index contributed by atoms with van der Waals surface area (Å²) < 4.78 is 11.4. The Morgan fingerprint density at radius 1 is 1.09 bits per heavy atom. The van der Waals surface area contributed by atoms with Crippen LogP contribution in [0.25, 0.3) is 0 Å². The van der Waals surface area contributed by atoms with Crippen LogP contribution in [0.3, 0.4) is 0 Å². The van der Waals surface area contributed by atoms with E-state index < -0.39 is 6.04 Å². The molecule has 35 heavy (non-hydrogen) atoms. The van der Waals surface area contributed by atoms with Gasteiger partial charge in [-0.1, -0.05) is 62.1 Å². The van der Waals surface area contributed by atoms with Crippen LogP contribution in [-0.4, -0.2) is 42.4 Å². The van der Waals surface area contributed by atoms with E-state index >= 15 is 0 Å². The van der Waals surface area contributed by atoms with E-state index in [0.717, 1.165) is 43.2 Å². The molecule has 2 aromatic carbocycles. The summed E-state index contributed by atoms with van der Waals surface area (Å²) in [6.07, 6.45) is 6.16. The second kappa shape index (κ2) is 13.4. The number of hydrogen-bond donors (Lipinski definition) is 1. The van der Waals surface area contributed by atoms with E-state index in [0.29, 0.717) is 23.7 Å². The number of nitrogens with one attached hydrogen (secondary N) is 1. The smallest absolute Gasteiger partial charge is 0.247 e. The highest BCUT2D eigenvalue weighted by Crippen LogP contribution is 2.34. The Hall–Kier alpha value is -2.73. The van der Waals surface area contributed by atoms with Crippen LogP contribution in [0, 0.1) is 6.92 Å². The Labute approximate surface area is 213 Å². The molecule has 1 atom stereocenters. The zero-order valence-corrected chi connectivity index (χ0v) is 21.8. The number of amides is 2. The molecule has 0 heterocycles. The summed E-state index contributed by atoms with van der Waals surface area (Å²) in [6, 6.07) is 12.6. The number of aryl methyl sites for hydroxylation is 1. The van der Waals surface area contributed by atoms with E-state index in [1.807, 2.05) is 44.2 Å². The van der Waals surface area contributed by atoms with E-state index in [9.17, 15) is 9.59 Å². The van der Waals surface area contributed by atoms with Gasteiger partial charge >= 0.3 is 0 Å². The number of nitrogens with zero attached hydrogens (tertiary/aromatic N) is 1. The predicted molar refractivity (Wildman–Crippen MR) is 139 cm³/mol. The second-order valence-electron chi connectivity index (χ2n) is 9.15. The third-order valence-electron chi connectivity index (χ3n) is 6.38. The van der Waals surface area contributed by atoms with E-state index in [1.54, 1.807) is 24.1 Å². The normalized spacial score (nSPS) is 14.7. The van der Waals surface area contributed by atoms with E-state index in [1.165, 1.54) is 6.42 Å². The van der Waals surface area contributed by atoms with E-state index in [2.05, 4.69) is 5.32 Å². The summed E-state index contributed by atoms with van der Waals surface area (Å²) in [4.78, 5) is 28.4. The molecule has 0 bridgehead atoms. The van der Waals surface area contributed by atoms with Gasteiger partial charge in [0.1, 0.15) is 11.9 Å². The van der Waals surface area contributed by atoms with Crippen molar-refractivity contribution in [3.63, 3.8) is 0 Å². The van der Waals surface area contributed by atoms with Gasteiger partial charge in [-0.05, 0) is 49.4 Å². The Morgan fingerprint density at radius 3 is 2.43 bits per heavy atom. The van der Waals surface area contributed by atoms with Gasteiger partial charge in [0.05, 0.1) is 13.7 Å². The van der Waals surface area contributed by atoms with Crippen LogP contribution in [0.2, 0.25) is 0 Å². The maximum absolute atomic E-state index is 13.8. The molecular weight excluding hydrogens is 464 g/mol. The Morgan fingerprint density at radius 2 is 1.80 bits per heavy atom. The molecule has 0 aliphatic heterocycles. The minimum absolute atomic E-state index is 0.111. The molecule has 2 amide bonds. The number of carbonyl (C=O) groups excluding carboxylic acids is 2. The maximum atomic E-state index is 13.8. The molecule has 0 radical (unpaired) electrons. The van der Waals surface area contributed by atoms with Crippen LogP contribution in [0.4, 0.5) is 0 Å². The predicted octanol–water partition coefficient (Wildman–Crippen LogP) is 5.55. The van der Waals surface area contributed by atoms with Crippen molar-refractivity contribution >= 4 is 23.4 Å². The van der Waals surface area contributed by atoms with Crippen molar-refractivity contribution in [3.8, 4) is 11.5 Å². The van der Waals surface area contributed by atoms with Crippen molar-refractivity contribution in [1.29, 1.82) is 0 Å². The Bertz CT molecular complexity index is 973. The lowest BCUT2D eigenvalue weighted by Crippen LogP contribution is -2.47. The lowest BCUT2D eigenvalue weighted by atomic mass is 9.94. The average Bonchev–Trinajstić information content (AvgIpc) is 2.88. The molecule has 0 saturated heterocycles. The SMILES string of the molecule is CCCOc1ccc([C@@H](C(=O)NC2CCCCC2)N(Cc2ccc(C)cc2)C(=O)CCl)cc1OC. The summed E-state index contributed by atoms with van der Waals surface area (Å²) in [7, 11) is 1.57. The number of alkyl halides is 1. The van der Waals surface area contributed by atoms with Crippen LogP contribution < -0.4 is 14.8 Å². The van der Waals surface area contributed by atoms with Gasteiger partial charge in [-0.3, -0.25) is 9.59 Å². The van der Waals surface area contributed by atoms with Crippen molar-refractivity contribution in [2.45, 2.75) is 71.0 Å². The number of ether oxygens (including phenoxy) is 2. The first-order valence-electron chi connectivity index (χ1n) is 12.5. The molecule has 2 aromatic rings. The number of benzene rings is 2. The first-order chi connectivity index (χ1) is 17.0. The van der Waals surface area contributed by atoms with Crippen LogP contribution in [0.15, 0.2) is 42.5 Å². The molecule has 3 rings (SSSR count). The van der Waals surface area contributed by atoms with E-state index in [-0.39, 0.29) is 30.3 Å². The molecule has 6 nitrogen and oxygen atoms in total. The molecule has 0 unspecified atom stereocenters. The van der Waals surface area contributed by atoms with Gasteiger partial charge in [0.15, 0.2) is 11.5 Å². The monoisotopic (exact) mass is 500 g/mol. The summed E-state index contributed by atoms with van der Waals surface area (Å²) in [5, 5.41) is 3.21. The minimum Gasteiger partial charge on any atom is -0.493 e. The zero-order chi connectivity index (χ0) is 25.2. The molecule has 1 aliphatic carbocycles. The van der Waals surface area contributed by atoms with Crippen molar-refractivity contribution in [1.82, 2.24) is 10.2 Å². The highest BCUT2D eigenvalue weighted by Gasteiger charge is 2.33. The third-order valence-corrected chi connectivity index (χ3v) is 6.61. The fourth-order valence-corrected chi connectivity index (χ4v) is 4.63. The molecule has 7 heteroatoms.